The van der Waals surface area contributed by atoms with Crippen LogP contribution in [0.2, 0.25) is 0 Å². The van der Waals surface area contributed by atoms with Crippen LogP contribution >= 0.6 is 22.7 Å². The van der Waals surface area contributed by atoms with E-state index >= 15 is 0 Å². The summed E-state index contributed by atoms with van der Waals surface area (Å²) in [6.07, 6.45) is 12.5. The lowest BCUT2D eigenvalue weighted by Crippen LogP contribution is -1.83. The first-order valence-corrected chi connectivity index (χ1v) is 9.72. The Bertz CT molecular complexity index is 453. The highest BCUT2D eigenvalue weighted by Crippen LogP contribution is 2.32. The fraction of sp³-hybridized carbons (Fsp3) is 0.556. The molecule has 0 aliphatic heterocycles. The van der Waals surface area contributed by atoms with E-state index in [4.69, 9.17) is 0 Å². The van der Waals surface area contributed by atoms with Crippen LogP contribution in [0, 0.1) is 0 Å². The summed E-state index contributed by atoms with van der Waals surface area (Å²) in [6.45, 7) is 2.28. The largest absolute Gasteiger partial charge is 0.143 e. The highest BCUT2D eigenvalue weighted by molar-refractivity contribution is 7.21. The second-order valence-corrected chi connectivity index (χ2v) is 7.58. The molecular weight excluding hydrogens is 280 g/mol. The minimum absolute atomic E-state index is 1.27. The van der Waals surface area contributed by atoms with E-state index in [0.29, 0.717) is 0 Å². The molecule has 0 aliphatic rings. The molecule has 0 spiro atoms. The van der Waals surface area contributed by atoms with Gasteiger partial charge in [0.05, 0.1) is 0 Å². The molecule has 110 valence electrons. The van der Waals surface area contributed by atoms with Gasteiger partial charge in [0.15, 0.2) is 0 Å². The van der Waals surface area contributed by atoms with Crippen molar-refractivity contribution in [1.82, 2.24) is 0 Å². The van der Waals surface area contributed by atoms with E-state index in [-0.39, 0.29) is 0 Å². The van der Waals surface area contributed by atoms with E-state index < -0.39 is 0 Å². The molecule has 2 aromatic rings. The summed E-state index contributed by atoms with van der Waals surface area (Å²) in [5, 5.41) is 2.16. The fourth-order valence-corrected chi connectivity index (χ4v) is 4.38. The number of hydrogen-bond donors (Lipinski definition) is 0. The maximum Gasteiger partial charge on any atom is 0.0445 e. The average molecular weight is 307 g/mol. The first-order valence-electron chi connectivity index (χ1n) is 8.02. The Kier molecular flexibility index (Phi) is 7.38. The van der Waals surface area contributed by atoms with Crippen LogP contribution in [0.5, 0.6) is 0 Å². The van der Waals surface area contributed by atoms with E-state index in [1.165, 1.54) is 67.5 Å². The molecule has 20 heavy (non-hydrogen) atoms. The third kappa shape index (κ3) is 5.41. The van der Waals surface area contributed by atoms with Crippen molar-refractivity contribution in [3.63, 3.8) is 0 Å². The molecule has 0 aliphatic carbocycles. The van der Waals surface area contributed by atoms with Crippen LogP contribution in [0.25, 0.3) is 9.75 Å². The number of aryl methyl sites for hydroxylation is 1. The number of hydrogen-bond acceptors (Lipinski definition) is 2. The van der Waals surface area contributed by atoms with Gasteiger partial charge in [-0.05, 0) is 36.4 Å². The predicted octanol–water partition coefficient (Wildman–Crippen LogP) is 7.16. The highest BCUT2D eigenvalue weighted by Gasteiger charge is 2.03. The zero-order valence-electron chi connectivity index (χ0n) is 12.6. The van der Waals surface area contributed by atoms with Gasteiger partial charge in [-0.25, -0.2) is 0 Å². The lowest BCUT2D eigenvalue weighted by Gasteiger charge is -2.00. The van der Waals surface area contributed by atoms with Crippen LogP contribution in [-0.4, -0.2) is 0 Å². The van der Waals surface area contributed by atoms with E-state index in [2.05, 4.69) is 36.6 Å². The molecule has 0 amide bonds. The van der Waals surface area contributed by atoms with Gasteiger partial charge in [0.2, 0.25) is 0 Å². The molecule has 0 saturated carbocycles. The second kappa shape index (κ2) is 9.36. The SMILES string of the molecule is CCCCCCCCCCc1ccc(-c2cccs2)s1. The zero-order valence-corrected chi connectivity index (χ0v) is 14.2. The molecule has 0 bridgehead atoms. The van der Waals surface area contributed by atoms with Crippen LogP contribution in [0.15, 0.2) is 29.6 Å². The van der Waals surface area contributed by atoms with Gasteiger partial charge in [-0.1, -0.05) is 57.9 Å². The minimum Gasteiger partial charge on any atom is -0.143 e. The standard InChI is InChI=1S/C18H26S2/c1-2-3-4-5-6-7-8-9-11-16-13-14-18(20-16)17-12-10-15-19-17/h10,12-15H,2-9,11H2,1H3. The van der Waals surface area contributed by atoms with Gasteiger partial charge in [-0.3, -0.25) is 0 Å². The van der Waals surface area contributed by atoms with Gasteiger partial charge in [0, 0.05) is 14.6 Å². The Balaban J connectivity index is 1.58. The molecule has 2 heteroatoms. The predicted molar refractivity (Wildman–Crippen MR) is 93.9 cm³/mol. The number of rotatable bonds is 10. The van der Waals surface area contributed by atoms with Gasteiger partial charge >= 0.3 is 0 Å². The first-order chi connectivity index (χ1) is 9.90. The Morgan fingerprint density at radius 2 is 1.55 bits per heavy atom. The molecule has 0 fully saturated rings. The van der Waals surface area contributed by atoms with Crippen molar-refractivity contribution in [1.29, 1.82) is 0 Å². The van der Waals surface area contributed by atoms with Crippen molar-refractivity contribution >= 4 is 22.7 Å². The van der Waals surface area contributed by atoms with Crippen molar-refractivity contribution in [3.05, 3.63) is 34.5 Å². The highest BCUT2D eigenvalue weighted by atomic mass is 32.1. The van der Waals surface area contributed by atoms with Gasteiger partial charge in [-0.2, -0.15) is 0 Å². The van der Waals surface area contributed by atoms with Gasteiger partial charge in [0.25, 0.3) is 0 Å². The molecule has 0 aromatic carbocycles. The van der Waals surface area contributed by atoms with Crippen molar-refractivity contribution < 1.29 is 0 Å². The maximum atomic E-state index is 2.32. The summed E-state index contributed by atoms with van der Waals surface area (Å²) in [4.78, 5) is 4.41. The Hall–Kier alpha value is -0.600. The van der Waals surface area contributed by atoms with Crippen molar-refractivity contribution in [3.8, 4) is 9.75 Å². The van der Waals surface area contributed by atoms with E-state index in [0.717, 1.165) is 0 Å². The molecule has 0 saturated heterocycles. The quantitative estimate of drug-likeness (QED) is 0.408. The normalized spacial score (nSPS) is 11.1. The molecule has 0 N–H and O–H groups in total. The third-order valence-electron chi connectivity index (χ3n) is 3.70. The van der Waals surface area contributed by atoms with E-state index in [1.54, 1.807) is 4.88 Å². The molecule has 2 heterocycles. The fourth-order valence-electron chi connectivity index (χ4n) is 2.50. The molecule has 2 aromatic heterocycles. The van der Waals surface area contributed by atoms with Gasteiger partial charge < -0.3 is 0 Å². The topological polar surface area (TPSA) is 0 Å². The summed E-state index contributed by atoms with van der Waals surface area (Å²) < 4.78 is 0. The monoisotopic (exact) mass is 306 g/mol. The van der Waals surface area contributed by atoms with Crippen molar-refractivity contribution in [2.24, 2.45) is 0 Å². The van der Waals surface area contributed by atoms with Crippen molar-refractivity contribution in [2.45, 2.75) is 64.7 Å². The molecule has 0 nitrogen and oxygen atoms in total. The number of thiophene rings is 2. The minimum atomic E-state index is 1.27. The summed E-state index contributed by atoms with van der Waals surface area (Å²) in [7, 11) is 0. The van der Waals surface area contributed by atoms with Crippen LogP contribution in [0.3, 0.4) is 0 Å². The molecule has 0 atom stereocenters. The molecule has 0 radical (unpaired) electrons. The van der Waals surface area contributed by atoms with Crippen LogP contribution in [-0.2, 0) is 6.42 Å². The van der Waals surface area contributed by atoms with E-state index in [1.807, 2.05) is 22.7 Å². The van der Waals surface area contributed by atoms with E-state index in [9.17, 15) is 0 Å². The molecule has 0 unspecified atom stereocenters. The Labute approximate surface area is 131 Å². The lowest BCUT2D eigenvalue weighted by molar-refractivity contribution is 0.576. The third-order valence-corrected chi connectivity index (χ3v) is 5.91. The van der Waals surface area contributed by atoms with Gasteiger partial charge in [-0.15, -0.1) is 22.7 Å². The number of unbranched alkanes of at least 4 members (excludes halogenated alkanes) is 7. The average Bonchev–Trinajstić information content (AvgIpc) is 3.12. The Morgan fingerprint density at radius 3 is 2.25 bits per heavy atom. The lowest BCUT2D eigenvalue weighted by atomic mass is 10.1. The first kappa shape index (κ1) is 15.8. The van der Waals surface area contributed by atoms with Crippen LogP contribution < -0.4 is 0 Å². The summed E-state index contributed by atoms with van der Waals surface area (Å²) in [5.74, 6) is 0. The maximum absolute atomic E-state index is 2.32. The Morgan fingerprint density at radius 1 is 0.800 bits per heavy atom. The zero-order chi connectivity index (χ0) is 14.0. The smallest absolute Gasteiger partial charge is 0.0445 e. The van der Waals surface area contributed by atoms with Gasteiger partial charge in [0.1, 0.15) is 0 Å². The summed E-state index contributed by atoms with van der Waals surface area (Å²) in [5.41, 5.74) is 0. The van der Waals surface area contributed by atoms with Crippen LogP contribution in [0.4, 0.5) is 0 Å². The molecular formula is C18H26S2. The summed E-state index contributed by atoms with van der Waals surface area (Å²) >= 11 is 3.82. The summed E-state index contributed by atoms with van der Waals surface area (Å²) in [6, 6.07) is 8.96. The van der Waals surface area contributed by atoms with Crippen LogP contribution in [0.1, 0.15) is 63.2 Å². The second-order valence-electron chi connectivity index (χ2n) is 5.47. The molecule has 2 rings (SSSR count). The van der Waals surface area contributed by atoms with Crippen molar-refractivity contribution in [2.75, 3.05) is 0 Å².